The summed E-state index contributed by atoms with van der Waals surface area (Å²) in [5.74, 6) is 1.91. The maximum atomic E-state index is 11.4. The molecule has 1 N–H and O–H groups in total. The Balaban J connectivity index is 0.000000162. The minimum absolute atomic E-state index is 0. The summed E-state index contributed by atoms with van der Waals surface area (Å²) in [5.41, 5.74) is 0.726. The highest BCUT2D eigenvalue weighted by Crippen LogP contribution is 2.28. The first kappa shape index (κ1) is 14.7. The average molecular weight is 321 g/mol. The van der Waals surface area contributed by atoms with E-state index in [0.29, 0.717) is 24.7 Å². The van der Waals surface area contributed by atoms with Gasteiger partial charge in [-0.15, -0.1) is 0 Å². The van der Waals surface area contributed by atoms with Gasteiger partial charge in [0.1, 0.15) is 13.2 Å². The lowest BCUT2D eigenvalue weighted by molar-refractivity contribution is 0.171. The highest BCUT2D eigenvalue weighted by molar-refractivity contribution is 7.91. The van der Waals surface area contributed by atoms with Crippen molar-refractivity contribution in [2.45, 2.75) is 4.90 Å². The largest absolute Gasteiger partial charge is 0.486 e. The molecule has 0 aliphatic carbocycles. The van der Waals surface area contributed by atoms with Gasteiger partial charge in [-0.2, -0.15) is 0 Å². The van der Waals surface area contributed by atoms with Gasteiger partial charge in [0.05, 0.1) is 16.3 Å². The molecule has 2 aliphatic rings. The molecule has 0 aromatic heterocycles. The number of para-hydroxylation sites is 3. The van der Waals surface area contributed by atoms with E-state index in [0.717, 1.165) is 17.2 Å². The van der Waals surface area contributed by atoms with Crippen LogP contribution in [-0.4, -0.2) is 33.9 Å². The summed E-state index contributed by atoms with van der Waals surface area (Å²) in [7, 11) is -3.00. The predicted octanol–water partition coefficient (Wildman–Crippen LogP) is 2.59. The Labute approximate surface area is 131 Å². The molecule has 6 heteroatoms. The second-order valence-corrected chi connectivity index (χ2v) is 6.96. The van der Waals surface area contributed by atoms with E-state index in [4.69, 9.17) is 9.47 Å². The fraction of sp³-hybridized carbons (Fsp3) is 0.250. The Morgan fingerprint density at radius 3 is 2.14 bits per heavy atom. The van der Waals surface area contributed by atoms with E-state index in [1.54, 1.807) is 18.2 Å². The Bertz CT molecular complexity index is 739. The van der Waals surface area contributed by atoms with Gasteiger partial charge in [0.15, 0.2) is 21.3 Å². The minimum atomic E-state index is -3.00. The molecular formula is C16H19NO4S. The van der Waals surface area contributed by atoms with Gasteiger partial charge in [0.2, 0.25) is 0 Å². The fourth-order valence-electron chi connectivity index (χ4n) is 2.31. The number of rotatable bonds is 0. The number of sulfone groups is 1. The topological polar surface area (TPSA) is 64.6 Å². The summed E-state index contributed by atoms with van der Waals surface area (Å²) in [6, 6.07) is 14.7. The van der Waals surface area contributed by atoms with Gasteiger partial charge >= 0.3 is 0 Å². The minimum Gasteiger partial charge on any atom is -0.486 e. The summed E-state index contributed by atoms with van der Waals surface area (Å²) in [6.07, 6.45) is 0. The van der Waals surface area contributed by atoms with Crippen LogP contribution >= 0.6 is 0 Å². The lowest BCUT2D eigenvalue weighted by Crippen LogP contribution is -2.22. The predicted molar refractivity (Wildman–Crippen MR) is 86.5 cm³/mol. The molecule has 2 aromatic carbocycles. The van der Waals surface area contributed by atoms with Crippen molar-refractivity contribution in [3.05, 3.63) is 48.5 Å². The molecule has 0 saturated heterocycles. The lowest BCUT2D eigenvalue weighted by atomic mass is 10.3. The van der Waals surface area contributed by atoms with Gasteiger partial charge in [-0.05, 0) is 24.3 Å². The summed E-state index contributed by atoms with van der Waals surface area (Å²) in [4.78, 5) is 0.427. The molecule has 0 radical (unpaired) electrons. The number of hydrogen-bond acceptors (Lipinski definition) is 5. The molecule has 4 rings (SSSR count). The normalized spacial score (nSPS) is 17.3. The third-order valence-electron chi connectivity index (χ3n) is 3.36. The van der Waals surface area contributed by atoms with Gasteiger partial charge in [-0.3, -0.25) is 0 Å². The van der Waals surface area contributed by atoms with E-state index in [2.05, 4.69) is 5.32 Å². The van der Waals surface area contributed by atoms with Crippen molar-refractivity contribution in [3.8, 4) is 11.5 Å². The van der Waals surface area contributed by atoms with Gasteiger partial charge in [-0.25, -0.2) is 8.42 Å². The van der Waals surface area contributed by atoms with Crippen molar-refractivity contribution < 1.29 is 19.3 Å². The van der Waals surface area contributed by atoms with Crippen molar-refractivity contribution in [1.82, 2.24) is 0 Å². The average Bonchev–Trinajstić information content (AvgIpc) is 2.56. The molecule has 22 heavy (non-hydrogen) atoms. The van der Waals surface area contributed by atoms with Crippen LogP contribution in [0.2, 0.25) is 0 Å². The first-order chi connectivity index (χ1) is 10.7. The van der Waals surface area contributed by atoms with E-state index in [1.807, 2.05) is 30.3 Å². The molecular weight excluding hydrogens is 302 g/mol. The molecule has 2 heterocycles. The summed E-state index contributed by atoms with van der Waals surface area (Å²) < 4.78 is 33.5. The van der Waals surface area contributed by atoms with Crippen LogP contribution in [0, 0.1) is 0 Å². The second kappa shape index (κ2) is 6.27. The van der Waals surface area contributed by atoms with Gasteiger partial charge in [0, 0.05) is 7.97 Å². The smallest absolute Gasteiger partial charge is 0.182 e. The van der Waals surface area contributed by atoms with E-state index < -0.39 is 9.84 Å². The lowest BCUT2D eigenvalue weighted by Gasteiger charge is -2.17. The van der Waals surface area contributed by atoms with Crippen LogP contribution in [0.15, 0.2) is 53.4 Å². The standard InChI is InChI=1S/C8H9NO2S.C8H8O2.H2/c10-12(11)6-5-9-7-3-1-2-4-8(7)12;1-2-4-8-7(3-1)9-5-6-10-8;/h1-4,9H,5-6H2;1-4H,5-6H2;1H. The van der Waals surface area contributed by atoms with Crippen LogP contribution in [0.1, 0.15) is 1.43 Å². The third kappa shape index (κ3) is 3.17. The Morgan fingerprint density at radius 1 is 0.909 bits per heavy atom. The number of nitrogens with one attached hydrogen (secondary N) is 1. The SMILES string of the molecule is O=S1(=O)CCNc2ccccc21.[HH].c1ccc2c(c1)OCCO2. The van der Waals surface area contributed by atoms with Gasteiger partial charge in [-0.1, -0.05) is 24.3 Å². The number of ether oxygens (including phenoxy) is 2. The van der Waals surface area contributed by atoms with Gasteiger partial charge in [0.25, 0.3) is 0 Å². The van der Waals surface area contributed by atoms with Crippen molar-refractivity contribution >= 4 is 15.5 Å². The third-order valence-corrected chi connectivity index (χ3v) is 5.12. The molecule has 118 valence electrons. The second-order valence-electron chi connectivity index (χ2n) is 4.89. The van der Waals surface area contributed by atoms with E-state index in [-0.39, 0.29) is 7.18 Å². The Hall–Kier alpha value is -2.21. The summed E-state index contributed by atoms with van der Waals surface area (Å²) in [6.45, 7) is 1.84. The van der Waals surface area contributed by atoms with E-state index in [9.17, 15) is 8.42 Å². The van der Waals surface area contributed by atoms with E-state index in [1.165, 1.54) is 0 Å². The van der Waals surface area contributed by atoms with Crippen LogP contribution in [0.4, 0.5) is 5.69 Å². The highest BCUT2D eigenvalue weighted by atomic mass is 32.2. The van der Waals surface area contributed by atoms with E-state index >= 15 is 0 Å². The molecule has 0 fully saturated rings. The van der Waals surface area contributed by atoms with Crippen LogP contribution < -0.4 is 14.8 Å². The molecule has 0 bridgehead atoms. The number of anilines is 1. The Morgan fingerprint density at radius 2 is 1.50 bits per heavy atom. The van der Waals surface area contributed by atoms with Crippen LogP contribution in [0.5, 0.6) is 11.5 Å². The molecule has 0 amide bonds. The number of fused-ring (bicyclic) bond motifs is 2. The van der Waals surface area contributed by atoms with Crippen molar-refractivity contribution in [1.29, 1.82) is 0 Å². The molecule has 0 spiro atoms. The molecule has 2 aliphatic heterocycles. The first-order valence-electron chi connectivity index (χ1n) is 7.07. The molecule has 0 unspecified atom stereocenters. The maximum Gasteiger partial charge on any atom is 0.182 e. The first-order valence-corrected chi connectivity index (χ1v) is 8.72. The van der Waals surface area contributed by atoms with Crippen LogP contribution in [0.25, 0.3) is 0 Å². The zero-order valence-corrected chi connectivity index (χ0v) is 12.8. The highest BCUT2D eigenvalue weighted by Gasteiger charge is 2.21. The summed E-state index contributed by atoms with van der Waals surface area (Å²) >= 11 is 0. The summed E-state index contributed by atoms with van der Waals surface area (Å²) in [5, 5.41) is 3.04. The van der Waals surface area contributed by atoms with Crippen molar-refractivity contribution in [3.63, 3.8) is 0 Å². The number of hydrogen-bond donors (Lipinski definition) is 1. The maximum absolute atomic E-state index is 11.4. The monoisotopic (exact) mass is 321 g/mol. The fourth-order valence-corrected chi connectivity index (χ4v) is 3.66. The van der Waals surface area contributed by atoms with Crippen LogP contribution in [-0.2, 0) is 9.84 Å². The molecule has 2 aromatic rings. The van der Waals surface area contributed by atoms with Crippen molar-refractivity contribution in [2.24, 2.45) is 0 Å². The van der Waals surface area contributed by atoms with Crippen LogP contribution in [0.3, 0.4) is 0 Å². The zero-order valence-electron chi connectivity index (χ0n) is 12.0. The molecule has 0 atom stereocenters. The molecule has 5 nitrogen and oxygen atoms in total. The molecule has 0 saturated carbocycles. The van der Waals surface area contributed by atoms with Gasteiger partial charge < -0.3 is 14.8 Å². The number of benzene rings is 2. The quantitative estimate of drug-likeness (QED) is 0.808. The Kier molecular flexibility index (Phi) is 4.20. The zero-order chi connectivity index (χ0) is 15.4. The van der Waals surface area contributed by atoms with Crippen molar-refractivity contribution in [2.75, 3.05) is 30.8 Å².